The molecule has 32 heavy (non-hydrogen) atoms. The smallest absolute Gasteiger partial charge is 0.341 e. The highest BCUT2D eigenvalue weighted by Gasteiger charge is 2.50. The number of carbonyl (C=O) groups is 1. The van der Waals surface area contributed by atoms with Gasteiger partial charge in [-0.2, -0.15) is 0 Å². The van der Waals surface area contributed by atoms with E-state index in [1.54, 1.807) is 23.8 Å². The van der Waals surface area contributed by atoms with Gasteiger partial charge in [0, 0.05) is 37.3 Å². The summed E-state index contributed by atoms with van der Waals surface area (Å²) in [6.45, 7) is 5.26. The van der Waals surface area contributed by atoms with Gasteiger partial charge in [-0.1, -0.05) is 13.8 Å². The maximum atomic E-state index is 15.4. The second kappa shape index (κ2) is 8.22. The largest absolute Gasteiger partial charge is 0.493 e. The van der Waals surface area contributed by atoms with E-state index in [0.717, 1.165) is 0 Å². The Balaban J connectivity index is 1.94. The van der Waals surface area contributed by atoms with E-state index in [4.69, 9.17) is 18.9 Å². The van der Waals surface area contributed by atoms with Crippen LogP contribution in [0, 0.1) is 11.2 Å². The summed E-state index contributed by atoms with van der Waals surface area (Å²) in [7, 11) is 3.09. The van der Waals surface area contributed by atoms with Gasteiger partial charge in [-0.3, -0.25) is 4.79 Å². The van der Waals surface area contributed by atoms with Crippen molar-refractivity contribution in [1.29, 1.82) is 0 Å². The minimum Gasteiger partial charge on any atom is -0.493 e. The molecule has 0 aliphatic carbocycles. The number of ether oxygens (including phenoxy) is 4. The van der Waals surface area contributed by atoms with Crippen LogP contribution in [-0.2, 0) is 9.47 Å². The van der Waals surface area contributed by atoms with E-state index < -0.39 is 40.3 Å². The van der Waals surface area contributed by atoms with Crippen molar-refractivity contribution >= 4 is 5.97 Å². The second-order valence-electron chi connectivity index (χ2n) is 8.70. The van der Waals surface area contributed by atoms with Crippen LogP contribution in [0.5, 0.6) is 11.5 Å². The molecule has 2 atom stereocenters. The van der Waals surface area contributed by atoms with Crippen LogP contribution in [-0.4, -0.2) is 49.7 Å². The normalized spacial score (nSPS) is 20.3. The van der Waals surface area contributed by atoms with Crippen molar-refractivity contribution < 1.29 is 33.2 Å². The number of pyridine rings is 1. The van der Waals surface area contributed by atoms with Crippen LogP contribution in [0.2, 0.25) is 0 Å². The standard InChI is InChI=1S/C23H26FNO7/c1-23(2)11-32-20-13-9-16(31-7-5-6-29-3)15(30-4)8-12(13)18-17(24)19(26)14(22(27)28)10-25(18)21(20)23/h8-10,20-21H,5-7,11H2,1-4H3,(H,27,28)/t20?,21-/m1/s1. The van der Waals surface area contributed by atoms with Gasteiger partial charge in [-0.05, 0) is 17.7 Å². The molecule has 4 rings (SSSR count). The SMILES string of the molecule is COCCCOc1cc2c(cc1OC)-c1c(F)c(=O)c(C(=O)O)cn1[C@@H]1C2OCC1(C)C. The third kappa shape index (κ3) is 3.45. The molecular formula is C23H26FNO7. The first-order valence-corrected chi connectivity index (χ1v) is 10.3. The van der Waals surface area contributed by atoms with Gasteiger partial charge in [0.15, 0.2) is 17.3 Å². The molecular weight excluding hydrogens is 421 g/mol. The molecule has 1 N–H and O–H groups in total. The van der Waals surface area contributed by atoms with Crippen molar-refractivity contribution in [3.05, 3.63) is 45.5 Å². The summed E-state index contributed by atoms with van der Waals surface area (Å²) in [6.07, 6.45) is 1.43. The number of aromatic carboxylic acids is 1. The van der Waals surface area contributed by atoms with Crippen LogP contribution in [0.15, 0.2) is 23.1 Å². The fraction of sp³-hybridized carbons (Fsp3) is 0.478. The number of aromatic nitrogens is 1. The second-order valence-corrected chi connectivity index (χ2v) is 8.70. The Morgan fingerprint density at radius 1 is 1.28 bits per heavy atom. The van der Waals surface area contributed by atoms with E-state index in [9.17, 15) is 14.7 Å². The molecule has 172 valence electrons. The van der Waals surface area contributed by atoms with E-state index >= 15 is 4.39 Å². The van der Waals surface area contributed by atoms with Gasteiger partial charge < -0.3 is 28.6 Å². The van der Waals surface area contributed by atoms with E-state index in [1.165, 1.54) is 13.3 Å². The molecule has 0 bridgehead atoms. The molecule has 1 saturated heterocycles. The van der Waals surface area contributed by atoms with Crippen LogP contribution in [0.25, 0.3) is 11.3 Å². The molecule has 1 aromatic heterocycles. The van der Waals surface area contributed by atoms with Crippen molar-refractivity contribution in [3.63, 3.8) is 0 Å². The number of carboxylic acid groups (broad SMARTS) is 1. The molecule has 1 unspecified atom stereocenters. The van der Waals surface area contributed by atoms with Crippen molar-refractivity contribution in [2.75, 3.05) is 34.0 Å². The molecule has 9 heteroatoms. The van der Waals surface area contributed by atoms with Crippen molar-refractivity contribution in [3.8, 4) is 22.8 Å². The summed E-state index contributed by atoms with van der Waals surface area (Å²) in [5.74, 6) is -1.73. The predicted molar refractivity (Wildman–Crippen MR) is 113 cm³/mol. The summed E-state index contributed by atoms with van der Waals surface area (Å²) >= 11 is 0. The number of benzene rings is 1. The number of rotatable bonds is 7. The minimum atomic E-state index is -1.47. The average Bonchev–Trinajstić information content (AvgIpc) is 3.08. The molecule has 3 heterocycles. The highest BCUT2D eigenvalue weighted by molar-refractivity contribution is 5.88. The summed E-state index contributed by atoms with van der Waals surface area (Å²) in [4.78, 5) is 24.1. The molecule has 0 saturated carbocycles. The Hall–Kier alpha value is -2.91. The lowest BCUT2D eigenvalue weighted by Crippen LogP contribution is -2.34. The number of halogens is 1. The summed E-state index contributed by atoms with van der Waals surface area (Å²) in [6, 6.07) is 2.96. The molecule has 2 aliphatic rings. The van der Waals surface area contributed by atoms with Gasteiger partial charge in [0.2, 0.25) is 5.43 Å². The van der Waals surface area contributed by atoms with Gasteiger partial charge in [0.25, 0.3) is 0 Å². The van der Waals surface area contributed by atoms with E-state index in [1.807, 2.05) is 13.8 Å². The number of nitrogens with zero attached hydrogens (tertiary/aromatic N) is 1. The maximum absolute atomic E-state index is 15.4. The molecule has 1 fully saturated rings. The maximum Gasteiger partial charge on any atom is 0.341 e. The Labute approximate surface area is 184 Å². The van der Waals surface area contributed by atoms with Gasteiger partial charge in [-0.25, -0.2) is 9.18 Å². The number of carboxylic acids is 1. The van der Waals surface area contributed by atoms with Crippen LogP contribution < -0.4 is 14.9 Å². The third-order valence-corrected chi connectivity index (χ3v) is 6.08. The lowest BCUT2D eigenvalue weighted by molar-refractivity contribution is 0.0690. The molecule has 0 amide bonds. The lowest BCUT2D eigenvalue weighted by Gasteiger charge is -2.38. The van der Waals surface area contributed by atoms with Crippen LogP contribution in [0.3, 0.4) is 0 Å². The van der Waals surface area contributed by atoms with Crippen LogP contribution in [0.1, 0.15) is 48.3 Å². The quantitative estimate of drug-likeness (QED) is 0.650. The number of hydrogen-bond donors (Lipinski definition) is 1. The average molecular weight is 447 g/mol. The molecule has 8 nitrogen and oxygen atoms in total. The summed E-state index contributed by atoms with van der Waals surface area (Å²) < 4.78 is 39.4. The zero-order valence-corrected chi connectivity index (χ0v) is 18.4. The first-order valence-electron chi connectivity index (χ1n) is 10.3. The van der Waals surface area contributed by atoms with Crippen LogP contribution >= 0.6 is 0 Å². The van der Waals surface area contributed by atoms with E-state index in [-0.39, 0.29) is 5.69 Å². The minimum absolute atomic E-state index is 0.0269. The number of hydrogen-bond acceptors (Lipinski definition) is 6. The zero-order chi connectivity index (χ0) is 23.2. The Bertz CT molecular complexity index is 1120. The zero-order valence-electron chi connectivity index (χ0n) is 18.4. The molecule has 1 aromatic carbocycles. The predicted octanol–water partition coefficient (Wildman–Crippen LogP) is 3.43. The first kappa shape index (κ1) is 22.3. The highest BCUT2D eigenvalue weighted by atomic mass is 19.1. The third-order valence-electron chi connectivity index (χ3n) is 6.08. The fourth-order valence-corrected chi connectivity index (χ4v) is 4.58. The number of methoxy groups -OCH3 is 2. The van der Waals surface area contributed by atoms with E-state index in [2.05, 4.69) is 0 Å². The highest BCUT2D eigenvalue weighted by Crippen LogP contribution is 2.56. The van der Waals surface area contributed by atoms with Crippen LogP contribution in [0.4, 0.5) is 4.39 Å². The molecule has 0 spiro atoms. The van der Waals surface area contributed by atoms with Crippen molar-refractivity contribution in [2.45, 2.75) is 32.4 Å². The van der Waals surface area contributed by atoms with Crippen molar-refractivity contribution in [2.24, 2.45) is 5.41 Å². The van der Waals surface area contributed by atoms with Gasteiger partial charge in [-0.15, -0.1) is 0 Å². The van der Waals surface area contributed by atoms with Gasteiger partial charge >= 0.3 is 5.97 Å². The molecule has 0 radical (unpaired) electrons. The molecule has 2 aromatic rings. The Kier molecular flexibility index (Phi) is 5.72. The lowest BCUT2D eigenvalue weighted by atomic mass is 9.78. The van der Waals surface area contributed by atoms with Gasteiger partial charge in [0.1, 0.15) is 11.7 Å². The number of fused-ring (bicyclic) bond motifs is 6. The fourth-order valence-electron chi connectivity index (χ4n) is 4.58. The van der Waals surface area contributed by atoms with Crippen molar-refractivity contribution in [1.82, 2.24) is 4.57 Å². The van der Waals surface area contributed by atoms with Gasteiger partial charge in [0.05, 0.1) is 32.1 Å². The first-order chi connectivity index (χ1) is 15.2. The Morgan fingerprint density at radius 2 is 2.03 bits per heavy atom. The Morgan fingerprint density at radius 3 is 2.69 bits per heavy atom. The topological polar surface area (TPSA) is 96.2 Å². The molecule has 2 aliphatic heterocycles. The monoisotopic (exact) mass is 447 g/mol. The summed E-state index contributed by atoms with van der Waals surface area (Å²) in [5.41, 5.74) is -1.08. The van der Waals surface area contributed by atoms with E-state index in [0.29, 0.717) is 48.9 Å². The summed E-state index contributed by atoms with van der Waals surface area (Å²) in [5, 5.41) is 9.44.